The van der Waals surface area contributed by atoms with Crippen LogP contribution in [-0.4, -0.2) is 22.9 Å². The van der Waals surface area contributed by atoms with Gasteiger partial charge in [-0.1, -0.05) is 30.3 Å². The number of rotatable bonds is 4. The summed E-state index contributed by atoms with van der Waals surface area (Å²) in [6.45, 7) is 1.98. The molecule has 0 bridgehead atoms. The highest BCUT2D eigenvalue weighted by Crippen LogP contribution is 2.34. The maximum atomic E-state index is 11.4. The third-order valence-corrected chi connectivity index (χ3v) is 3.12. The maximum absolute atomic E-state index is 11.4. The number of thioether (sulfide) groups is 1. The molecule has 0 fully saturated rings. The number of nitrogens with one attached hydrogen (secondary N) is 2. The van der Waals surface area contributed by atoms with Gasteiger partial charge < -0.3 is 4.74 Å². The van der Waals surface area contributed by atoms with E-state index in [1.807, 2.05) is 35.7 Å². The quantitative estimate of drug-likeness (QED) is 0.666. The van der Waals surface area contributed by atoms with Crippen LogP contribution in [0.5, 0.6) is 0 Å². The molecular weight excluding hydrogens is 276 g/mol. The Hall–Kier alpha value is -2.46. The number of H-pyrrole nitrogens is 1. The number of anilines is 1. The molecule has 1 heterocycles. The number of hydrogen-bond donors (Lipinski definition) is 2. The lowest BCUT2D eigenvalue weighted by molar-refractivity contribution is 0.167. The molecule has 0 saturated heterocycles. The Morgan fingerprint density at radius 3 is 2.90 bits per heavy atom. The van der Waals surface area contributed by atoms with Crippen molar-refractivity contribution >= 4 is 23.7 Å². The van der Waals surface area contributed by atoms with Crippen molar-refractivity contribution < 1.29 is 9.53 Å². The average molecular weight is 288 g/mol. The van der Waals surface area contributed by atoms with Crippen LogP contribution >= 0.6 is 11.8 Å². The fourth-order valence-corrected chi connectivity index (χ4v) is 2.18. The number of thiocyanates is 1. The van der Waals surface area contributed by atoms with Gasteiger partial charge in [-0.2, -0.15) is 10.4 Å². The topological polar surface area (TPSA) is 90.8 Å². The molecular formula is C13H12N4O2S. The number of ether oxygens (including phenoxy) is 1. The first-order chi connectivity index (χ1) is 9.76. The molecule has 2 rings (SSSR count). The molecule has 20 heavy (non-hydrogen) atoms. The minimum atomic E-state index is -0.599. The van der Waals surface area contributed by atoms with Crippen molar-refractivity contribution in [3.8, 4) is 16.7 Å². The minimum Gasteiger partial charge on any atom is -0.450 e. The first-order valence-corrected chi connectivity index (χ1v) is 6.71. The summed E-state index contributed by atoms with van der Waals surface area (Å²) >= 11 is 0.932. The third-order valence-electron chi connectivity index (χ3n) is 2.43. The Bertz CT molecular complexity index is 634. The van der Waals surface area contributed by atoms with Crippen molar-refractivity contribution in [1.29, 1.82) is 5.26 Å². The molecule has 1 aromatic heterocycles. The molecule has 2 N–H and O–H groups in total. The van der Waals surface area contributed by atoms with E-state index in [1.165, 1.54) is 0 Å². The number of nitrogens with zero attached hydrogens (tertiary/aromatic N) is 2. The molecule has 102 valence electrons. The molecule has 0 radical (unpaired) electrons. The minimum absolute atomic E-state index is 0.266. The molecule has 0 aliphatic rings. The van der Waals surface area contributed by atoms with Gasteiger partial charge in [0.05, 0.1) is 17.2 Å². The van der Waals surface area contributed by atoms with Gasteiger partial charge in [0.1, 0.15) is 5.40 Å². The van der Waals surface area contributed by atoms with Crippen molar-refractivity contribution in [3.05, 3.63) is 30.3 Å². The van der Waals surface area contributed by atoms with E-state index < -0.39 is 6.09 Å². The van der Waals surface area contributed by atoms with Gasteiger partial charge >= 0.3 is 6.09 Å². The Morgan fingerprint density at radius 2 is 2.25 bits per heavy atom. The molecule has 7 heteroatoms. The second kappa shape index (κ2) is 6.63. The van der Waals surface area contributed by atoms with Crippen LogP contribution in [0.2, 0.25) is 0 Å². The van der Waals surface area contributed by atoms with Crippen LogP contribution in [0.15, 0.2) is 35.2 Å². The summed E-state index contributed by atoms with van der Waals surface area (Å²) in [6.07, 6.45) is -0.599. The largest absolute Gasteiger partial charge is 0.450 e. The van der Waals surface area contributed by atoms with Crippen molar-refractivity contribution in [2.24, 2.45) is 0 Å². The summed E-state index contributed by atoms with van der Waals surface area (Å²) in [4.78, 5) is 12.0. The van der Waals surface area contributed by atoms with Crippen LogP contribution in [0.3, 0.4) is 0 Å². The highest BCUT2D eigenvalue weighted by Gasteiger charge is 2.17. The summed E-state index contributed by atoms with van der Waals surface area (Å²) in [5.41, 5.74) is 1.57. The van der Waals surface area contributed by atoms with Gasteiger partial charge in [0, 0.05) is 5.56 Å². The van der Waals surface area contributed by atoms with E-state index in [4.69, 9.17) is 10.00 Å². The zero-order valence-corrected chi connectivity index (χ0v) is 11.5. The number of carbonyl (C=O) groups is 1. The Balaban J connectivity index is 2.33. The Morgan fingerprint density at radius 1 is 1.50 bits per heavy atom. The number of hydrogen-bond acceptors (Lipinski definition) is 5. The van der Waals surface area contributed by atoms with Gasteiger partial charge in [-0.15, -0.1) is 0 Å². The van der Waals surface area contributed by atoms with E-state index in [2.05, 4.69) is 15.5 Å². The highest BCUT2D eigenvalue weighted by molar-refractivity contribution is 8.04. The molecule has 1 amide bonds. The number of nitriles is 1. The van der Waals surface area contributed by atoms with Gasteiger partial charge in [-0.05, 0) is 18.7 Å². The van der Waals surface area contributed by atoms with E-state index in [9.17, 15) is 4.79 Å². The molecule has 0 atom stereocenters. The maximum Gasteiger partial charge on any atom is 0.412 e. The first-order valence-electron chi connectivity index (χ1n) is 5.89. The molecule has 6 nitrogen and oxygen atoms in total. The summed E-state index contributed by atoms with van der Waals surface area (Å²) < 4.78 is 4.80. The van der Waals surface area contributed by atoms with Crippen molar-refractivity contribution in [1.82, 2.24) is 10.2 Å². The summed E-state index contributed by atoms with van der Waals surface area (Å²) in [5.74, 6) is 0.286. The smallest absolute Gasteiger partial charge is 0.412 e. The fourth-order valence-electron chi connectivity index (χ4n) is 1.63. The van der Waals surface area contributed by atoms with Crippen LogP contribution in [-0.2, 0) is 4.74 Å². The molecule has 0 unspecified atom stereocenters. The number of amides is 1. The van der Waals surface area contributed by atoms with Crippen molar-refractivity contribution in [2.75, 3.05) is 11.9 Å². The summed E-state index contributed by atoms with van der Waals surface area (Å²) in [5, 5.41) is 20.3. The number of aromatic amines is 1. The van der Waals surface area contributed by atoms with E-state index >= 15 is 0 Å². The van der Waals surface area contributed by atoms with Gasteiger partial charge in [0.15, 0.2) is 5.82 Å². The third kappa shape index (κ3) is 3.10. The molecule has 0 aliphatic carbocycles. The van der Waals surface area contributed by atoms with Crippen LogP contribution in [0.1, 0.15) is 6.92 Å². The predicted molar refractivity (Wildman–Crippen MR) is 76.1 cm³/mol. The fraction of sp³-hybridized carbons (Fsp3) is 0.154. The zero-order valence-electron chi connectivity index (χ0n) is 10.7. The molecule has 0 aliphatic heterocycles. The number of benzene rings is 1. The van der Waals surface area contributed by atoms with Crippen molar-refractivity contribution in [2.45, 2.75) is 11.8 Å². The first kappa shape index (κ1) is 14.0. The summed E-state index contributed by atoms with van der Waals surface area (Å²) in [7, 11) is 0. The van der Waals surface area contributed by atoms with E-state index in [0.29, 0.717) is 10.6 Å². The molecule has 2 aromatic rings. The monoisotopic (exact) mass is 288 g/mol. The van der Waals surface area contributed by atoms with Gasteiger partial charge in [-0.3, -0.25) is 10.4 Å². The normalized spacial score (nSPS) is 9.80. The van der Waals surface area contributed by atoms with Gasteiger partial charge in [0.25, 0.3) is 0 Å². The van der Waals surface area contributed by atoms with Crippen LogP contribution < -0.4 is 5.32 Å². The lowest BCUT2D eigenvalue weighted by Gasteiger charge is -2.04. The van der Waals surface area contributed by atoms with Crippen LogP contribution in [0.25, 0.3) is 11.3 Å². The van der Waals surface area contributed by atoms with E-state index in [-0.39, 0.29) is 12.4 Å². The highest BCUT2D eigenvalue weighted by atomic mass is 32.2. The van der Waals surface area contributed by atoms with Crippen LogP contribution in [0, 0.1) is 10.7 Å². The van der Waals surface area contributed by atoms with Crippen LogP contribution in [0.4, 0.5) is 10.6 Å². The molecule has 0 spiro atoms. The molecule has 1 aromatic carbocycles. The van der Waals surface area contributed by atoms with E-state index in [1.54, 1.807) is 6.92 Å². The summed E-state index contributed by atoms with van der Waals surface area (Å²) in [6, 6.07) is 9.45. The SMILES string of the molecule is CCOC(=O)Nc1n[nH]c(-c2ccccc2)c1SC#N. The van der Waals surface area contributed by atoms with Crippen molar-refractivity contribution in [3.63, 3.8) is 0 Å². The second-order valence-electron chi connectivity index (χ2n) is 3.68. The second-order valence-corrected chi connectivity index (χ2v) is 4.48. The Kier molecular flexibility index (Phi) is 4.63. The lowest BCUT2D eigenvalue weighted by Crippen LogP contribution is -2.14. The molecule has 0 saturated carbocycles. The zero-order chi connectivity index (χ0) is 14.4. The lowest BCUT2D eigenvalue weighted by atomic mass is 10.1. The standard InChI is InChI=1S/C13H12N4O2S/c1-2-19-13(18)15-12-11(20-8-14)10(16-17-12)9-6-4-3-5-7-9/h3-7H,2H2,1H3,(H2,15,16,17,18). The van der Waals surface area contributed by atoms with E-state index in [0.717, 1.165) is 17.3 Å². The average Bonchev–Trinajstić information content (AvgIpc) is 2.83. The van der Waals surface area contributed by atoms with Gasteiger partial charge in [0.2, 0.25) is 0 Å². The van der Waals surface area contributed by atoms with Gasteiger partial charge in [-0.25, -0.2) is 4.79 Å². The number of carbonyl (C=O) groups excluding carboxylic acids is 1. The Labute approximate surface area is 120 Å². The predicted octanol–water partition coefficient (Wildman–Crippen LogP) is 3.22. The number of aromatic nitrogens is 2.